The van der Waals surface area contributed by atoms with Crippen molar-refractivity contribution in [2.75, 3.05) is 39.3 Å². The summed E-state index contributed by atoms with van der Waals surface area (Å²) < 4.78 is 42.6. The summed E-state index contributed by atoms with van der Waals surface area (Å²) >= 11 is 0. The Morgan fingerprint density at radius 2 is 1.86 bits per heavy atom. The number of nitrogens with zero attached hydrogens (tertiary/aromatic N) is 2. The van der Waals surface area contributed by atoms with Crippen LogP contribution in [0.5, 0.6) is 0 Å². The zero-order chi connectivity index (χ0) is 16.3. The summed E-state index contributed by atoms with van der Waals surface area (Å²) in [5, 5.41) is 2.84. The van der Waals surface area contributed by atoms with E-state index < -0.39 is 12.7 Å². The Kier molecular flexibility index (Phi) is 5.55. The zero-order valence-electron chi connectivity index (χ0n) is 13.0. The van der Waals surface area contributed by atoms with Gasteiger partial charge in [0.1, 0.15) is 0 Å². The van der Waals surface area contributed by atoms with Gasteiger partial charge in [0, 0.05) is 26.2 Å². The third-order valence-corrected chi connectivity index (χ3v) is 4.02. The van der Waals surface area contributed by atoms with E-state index in [4.69, 9.17) is 4.74 Å². The van der Waals surface area contributed by atoms with Crippen molar-refractivity contribution in [2.24, 2.45) is 5.92 Å². The quantitative estimate of drug-likeness (QED) is 0.860. The van der Waals surface area contributed by atoms with Crippen molar-refractivity contribution < 1.29 is 22.7 Å². The lowest BCUT2D eigenvalue weighted by Gasteiger charge is -2.35. The lowest BCUT2D eigenvalue weighted by atomic mass is 10.1. The third kappa shape index (κ3) is 5.31. The van der Waals surface area contributed by atoms with Crippen LogP contribution in [0.2, 0.25) is 0 Å². The second-order valence-electron chi connectivity index (χ2n) is 6.35. The molecule has 1 N–H and O–H groups in total. The maximum atomic E-state index is 12.3. The second-order valence-corrected chi connectivity index (χ2v) is 6.35. The van der Waals surface area contributed by atoms with E-state index in [0.717, 1.165) is 0 Å². The molecule has 0 saturated carbocycles. The molecule has 2 aliphatic heterocycles. The van der Waals surface area contributed by atoms with Crippen LogP contribution in [0.15, 0.2) is 0 Å². The van der Waals surface area contributed by atoms with Gasteiger partial charge in [-0.1, -0.05) is 0 Å². The van der Waals surface area contributed by atoms with E-state index in [2.05, 4.69) is 5.32 Å². The molecule has 0 radical (unpaired) electrons. The molecule has 3 unspecified atom stereocenters. The molecule has 0 aromatic heterocycles. The van der Waals surface area contributed by atoms with Gasteiger partial charge in [-0.2, -0.15) is 13.2 Å². The van der Waals surface area contributed by atoms with Crippen LogP contribution in [0.4, 0.5) is 18.0 Å². The summed E-state index contributed by atoms with van der Waals surface area (Å²) in [7, 11) is 0. The van der Waals surface area contributed by atoms with Gasteiger partial charge in [-0.25, -0.2) is 4.79 Å². The Morgan fingerprint density at radius 3 is 2.45 bits per heavy atom. The number of morpholine rings is 1. The Bertz CT molecular complexity index is 382. The first kappa shape index (κ1) is 17.3. The van der Waals surface area contributed by atoms with Crippen LogP contribution >= 0.6 is 0 Å². The molecule has 2 fully saturated rings. The molecule has 0 aromatic rings. The predicted octanol–water partition coefficient (Wildman–Crippen LogP) is 1.69. The number of halogens is 3. The first-order valence-electron chi connectivity index (χ1n) is 7.70. The van der Waals surface area contributed by atoms with Crippen LogP contribution in [0.3, 0.4) is 0 Å². The van der Waals surface area contributed by atoms with Gasteiger partial charge in [0.15, 0.2) is 0 Å². The first-order chi connectivity index (χ1) is 10.2. The number of amides is 2. The van der Waals surface area contributed by atoms with Gasteiger partial charge >= 0.3 is 12.2 Å². The highest BCUT2D eigenvalue weighted by Gasteiger charge is 2.34. The van der Waals surface area contributed by atoms with Gasteiger partial charge in [0.25, 0.3) is 0 Å². The van der Waals surface area contributed by atoms with E-state index >= 15 is 0 Å². The minimum Gasteiger partial charge on any atom is -0.372 e. The standard InChI is InChI=1S/C14H24F3N3O2/c1-10-6-20(7-11(2)22-10)13(21)18-5-12-3-4-19(8-12)9-14(15,16)17/h10-12H,3-9H2,1-2H3,(H,18,21). The van der Waals surface area contributed by atoms with E-state index in [-0.39, 0.29) is 24.2 Å². The molecule has 22 heavy (non-hydrogen) atoms. The molecule has 0 aliphatic carbocycles. The number of nitrogens with one attached hydrogen (secondary N) is 1. The van der Waals surface area contributed by atoms with E-state index in [1.54, 1.807) is 4.90 Å². The summed E-state index contributed by atoms with van der Waals surface area (Å²) in [6.07, 6.45) is -3.46. The molecule has 0 spiro atoms. The minimum absolute atomic E-state index is 0.00302. The van der Waals surface area contributed by atoms with Crippen molar-refractivity contribution in [3.63, 3.8) is 0 Å². The van der Waals surface area contributed by atoms with Gasteiger partial charge < -0.3 is 15.0 Å². The summed E-state index contributed by atoms with van der Waals surface area (Å²) in [6.45, 7) is 5.30. The molecule has 2 heterocycles. The van der Waals surface area contributed by atoms with Crippen molar-refractivity contribution in [1.29, 1.82) is 0 Å². The Morgan fingerprint density at radius 1 is 1.23 bits per heavy atom. The smallest absolute Gasteiger partial charge is 0.372 e. The van der Waals surface area contributed by atoms with Gasteiger partial charge in [0.05, 0.1) is 18.8 Å². The third-order valence-electron chi connectivity index (χ3n) is 4.02. The number of carbonyl (C=O) groups excluding carboxylic acids is 1. The molecule has 0 bridgehead atoms. The summed E-state index contributed by atoms with van der Waals surface area (Å²) in [6, 6.07) is -0.156. The molecule has 2 rings (SSSR count). The maximum absolute atomic E-state index is 12.3. The second kappa shape index (κ2) is 7.04. The van der Waals surface area contributed by atoms with E-state index in [0.29, 0.717) is 39.1 Å². The van der Waals surface area contributed by atoms with Crippen LogP contribution < -0.4 is 5.32 Å². The van der Waals surface area contributed by atoms with Crippen LogP contribution in [0.1, 0.15) is 20.3 Å². The molecular weight excluding hydrogens is 299 g/mol. The molecule has 2 aliphatic rings. The lowest BCUT2D eigenvalue weighted by Crippen LogP contribution is -2.52. The summed E-state index contributed by atoms with van der Waals surface area (Å²) in [5.41, 5.74) is 0. The Hall–Kier alpha value is -1.02. The summed E-state index contributed by atoms with van der Waals surface area (Å²) in [5.74, 6) is 0.0854. The average Bonchev–Trinajstić information content (AvgIpc) is 2.80. The number of rotatable bonds is 3. The largest absolute Gasteiger partial charge is 0.401 e. The van der Waals surface area contributed by atoms with Crippen LogP contribution in [-0.2, 0) is 4.74 Å². The average molecular weight is 323 g/mol. The molecular formula is C14H24F3N3O2. The topological polar surface area (TPSA) is 44.8 Å². The fourth-order valence-corrected chi connectivity index (χ4v) is 3.16. The normalized spacial score (nSPS) is 30.6. The van der Waals surface area contributed by atoms with Gasteiger partial charge in [-0.05, 0) is 32.7 Å². The molecule has 5 nitrogen and oxygen atoms in total. The van der Waals surface area contributed by atoms with Crippen molar-refractivity contribution in [1.82, 2.24) is 15.1 Å². The Balaban J connectivity index is 1.71. The zero-order valence-corrected chi connectivity index (χ0v) is 13.0. The van der Waals surface area contributed by atoms with E-state index in [1.165, 1.54) is 4.90 Å². The van der Waals surface area contributed by atoms with Crippen molar-refractivity contribution in [3.05, 3.63) is 0 Å². The lowest BCUT2D eigenvalue weighted by molar-refractivity contribution is -0.143. The van der Waals surface area contributed by atoms with E-state index in [1.807, 2.05) is 13.8 Å². The highest BCUT2D eigenvalue weighted by Crippen LogP contribution is 2.22. The summed E-state index contributed by atoms with van der Waals surface area (Å²) in [4.78, 5) is 15.2. The molecule has 2 amide bonds. The number of hydrogen-bond donors (Lipinski definition) is 1. The number of urea groups is 1. The highest BCUT2D eigenvalue weighted by molar-refractivity contribution is 5.74. The number of alkyl halides is 3. The molecule has 3 atom stereocenters. The first-order valence-corrected chi connectivity index (χ1v) is 7.70. The predicted molar refractivity (Wildman–Crippen MR) is 75.6 cm³/mol. The van der Waals surface area contributed by atoms with Gasteiger partial charge in [0.2, 0.25) is 0 Å². The molecule has 0 aromatic carbocycles. The monoisotopic (exact) mass is 323 g/mol. The fourth-order valence-electron chi connectivity index (χ4n) is 3.16. The molecule has 128 valence electrons. The molecule has 2 saturated heterocycles. The van der Waals surface area contributed by atoms with Crippen molar-refractivity contribution >= 4 is 6.03 Å². The van der Waals surface area contributed by atoms with Crippen molar-refractivity contribution in [2.45, 2.75) is 38.7 Å². The molecule has 8 heteroatoms. The van der Waals surface area contributed by atoms with Crippen LogP contribution in [0.25, 0.3) is 0 Å². The van der Waals surface area contributed by atoms with Gasteiger partial charge in [-0.15, -0.1) is 0 Å². The number of likely N-dealkylation sites (tertiary alicyclic amines) is 1. The fraction of sp³-hybridized carbons (Fsp3) is 0.929. The van der Waals surface area contributed by atoms with Crippen LogP contribution in [0, 0.1) is 5.92 Å². The van der Waals surface area contributed by atoms with Crippen molar-refractivity contribution in [3.8, 4) is 0 Å². The van der Waals surface area contributed by atoms with Crippen LogP contribution in [-0.4, -0.2) is 73.5 Å². The minimum atomic E-state index is -4.15. The number of ether oxygens (including phenoxy) is 1. The number of carbonyl (C=O) groups is 1. The highest BCUT2D eigenvalue weighted by atomic mass is 19.4. The number of hydrogen-bond acceptors (Lipinski definition) is 3. The Labute approximate surface area is 128 Å². The van der Waals surface area contributed by atoms with Gasteiger partial charge in [-0.3, -0.25) is 4.90 Å². The van der Waals surface area contributed by atoms with E-state index in [9.17, 15) is 18.0 Å². The SMILES string of the molecule is CC1CN(C(=O)NCC2CCN(CC(F)(F)F)C2)CC(C)O1. The maximum Gasteiger partial charge on any atom is 0.401 e.